The highest BCUT2D eigenvalue weighted by Crippen LogP contribution is 2.28. The van der Waals surface area contributed by atoms with Crippen LogP contribution >= 0.6 is 15.9 Å². The molecule has 15 heavy (non-hydrogen) atoms. The second kappa shape index (κ2) is 4.47. The molecule has 0 saturated heterocycles. The minimum absolute atomic E-state index is 0.251. The summed E-state index contributed by atoms with van der Waals surface area (Å²) in [6.45, 7) is 0. The Morgan fingerprint density at radius 2 is 2.13 bits per heavy atom. The van der Waals surface area contributed by atoms with Crippen LogP contribution in [0.15, 0.2) is 16.7 Å². The van der Waals surface area contributed by atoms with Crippen LogP contribution in [0.5, 0.6) is 0 Å². The smallest absolute Gasteiger partial charge is 0.166 e. The first-order valence-corrected chi connectivity index (χ1v) is 6.01. The Morgan fingerprint density at radius 3 is 2.73 bits per heavy atom. The van der Waals surface area contributed by atoms with Crippen molar-refractivity contribution in [3.63, 3.8) is 0 Å². The lowest BCUT2D eigenvalue weighted by atomic mass is 10.2. The zero-order chi connectivity index (χ0) is 10.8. The average Bonchev–Trinajstić information content (AvgIpc) is 2.69. The Kier molecular flexibility index (Phi) is 3.24. The third-order valence-corrected chi connectivity index (χ3v) is 3.43. The van der Waals surface area contributed by atoms with E-state index in [1.54, 1.807) is 6.20 Å². The number of pyridine rings is 1. The summed E-state index contributed by atoms with van der Waals surface area (Å²) in [4.78, 5) is 6.09. The molecule has 1 heterocycles. The zero-order valence-electron chi connectivity index (χ0n) is 8.71. The monoisotopic (exact) mass is 272 g/mol. The molecule has 1 saturated carbocycles. The highest BCUT2D eigenvalue weighted by Gasteiger charge is 2.22. The van der Waals surface area contributed by atoms with Crippen LogP contribution in [-0.4, -0.2) is 18.1 Å². The van der Waals surface area contributed by atoms with Gasteiger partial charge in [-0.3, -0.25) is 0 Å². The lowest BCUT2D eigenvalue weighted by Gasteiger charge is -2.25. The van der Waals surface area contributed by atoms with Crippen LogP contribution in [0.1, 0.15) is 25.7 Å². The van der Waals surface area contributed by atoms with Gasteiger partial charge in [0.1, 0.15) is 0 Å². The fraction of sp³-hybridized carbons (Fsp3) is 0.545. The Morgan fingerprint density at radius 1 is 1.47 bits per heavy atom. The van der Waals surface area contributed by atoms with E-state index in [4.69, 9.17) is 0 Å². The summed E-state index contributed by atoms with van der Waals surface area (Å²) in [7, 11) is 1.93. The first-order chi connectivity index (χ1) is 7.18. The van der Waals surface area contributed by atoms with Crippen LogP contribution in [0.25, 0.3) is 0 Å². The average molecular weight is 273 g/mol. The van der Waals surface area contributed by atoms with Crippen molar-refractivity contribution >= 4 is 21.7 Å². The van der Waals surface area contributed by atoms with Gasteiger partial charge >= 0.3 is 0 Å². The van der Waals surface area contributed by atoms with Crippen LogP contribution in [-0.2, 0) is 0 Å². The fourth-order valence-electron chi connectivity index (χ4n) is 2.13. The van der Waals surface area contributed by atoms with E-state index in [0.29, 0.717) is 16.3 Å². The molecule has 0 aliphatic heterocycles. The predicted molar refractivity (Wildman–Crippen MR) is 62.6 cm³/mol. The van der Waals surface area contributed by atoms with Crippen LogP contribution in [0.4, 0.5) is 10.2 Å². The molecule has 1 aliphatic rings. The van der Waals surface area contributed by atoms with E-state index in [1.165, 1.54) is 18.9 Å². The van der Waals surface area contributed by atoms with E-state index in [2.05, 4.69) is 20.9 Å². The van der Waals surface area contributed by atoms with Gasteiger partial charge in [-0.25, -0.2) is 9.37 Å². The van der Waals surface area contributed by atoms with Crippen molar-refractivity contribution in [2.75, 3.05) is 11.9 Å². The molecule has 1 aromatic heterocycles. The van der Waals surface area contributed by atoms with Crippen molar-refractivity contribution in [3.05, 3.63) is 22.6 Å². The summed E-state index contributed by atoms with van der Waals surface area (Å²) < 4.78 is 14.3. The standard InChI is InChI=1S/C11H14BrFN2/c1-15(9-4-2-3-5-9)11-10(13)6-8(12)7-14-11/h6-7,9H,2-5H2,1H3. The van der Waals surface area contributed by atoms with E-state index in [1.807, 2.05) is 11.9 Å². The van der Waals surface area contributed by atoms with Gasteiger partial charge in [0.15, 0.2) is 11.6 Å². The SMILES string of the molecule is CN(c1ncc(Br)cc1F)C1CCCC1. The molecule has 0 spiro atoms. The third kappa shape index (κ3) is 2.30. The van der Waals surface area contributed by atoms with Crippen molar-refractivity contribution in [3.8, 4) is 0 Å². The molecule has 0 N–H and O–H groups in total. The number of hydrogen-bond donors (Lipinski definition) is 0. The van der Waals surface area contributed by atoms with Crippen molar-refractivity contribution in [2.24, 2.45) is 0 Å². The van der Waals surface area contributed by atoms with E-state index in [0.717, 1.165) is 12.8 Å². The van der Waals surface area contributed by atoms with Crippen LogP contribution in [0.2, 0.25) is 0 Å². The first-order valence-electron chi connectivity index (χ1n) is 5.22. The molecular weight excluding hydrogens is 259 g/mol. The number of aromatic nitrogens is 1. The molecule has 2 rings (SSSR count). The summed E-state index contributed by atoms with van der Waals surface area (Å²) >= 11 is 3.21. The zero-order valence-corrected chi connectivity index (χ0v) is 10.3. The number of rotatable bonds is 2. The molecular formula is C11H14BrFN2. The summed E-state index contributed by atoms with van der Waals surface area (Å²) in [6, 6.07) is 1.92. The molecule has 0 amide bonds. The van der Waals surface area contributed by atoms with E-state index in [9.17, 15) is 4.39 Å². The Bertz CT molecular complexity index is 350. The van der Waals surface area contributed by atoms with Crippen LogP contribution in [0.3, 0.4) is 0 Å². The van der Waals surface area contributed by atoms with Gasteiger partial charge in [0.25, 0.3) is 0 Å². The summed E-state index contributed by atoms with van der Waals surface area (Å²) in [5.41, 5.74) is 0. The maximum atomic E-state index is 13.6. The van der Waals surface area contributed by atoms with Gasteiger partial charge in [-0.2, -0.15) is 0 Å². The van der Waals surface area contributed by atoms with Gasteiger partial charge in [0.05, 0.1) is 0 Å². The second-order valence-electron chi connectivity index (χ2n) is 4.01. The van der Waals surface area contributed by atoms with E-state index in [-0.39, 0.29) is 5.82 Å². The van der Waals surface area contributed by atoms with Crippen molar-refractivity contribution < 1.29 is 4.39 Å². The lowest BCUT2D eigenvalue weighted by Crippen LogP contribution is -2.30. The fourth-order valence-corrected chi connectivity index (χ4v) is 2.43. The van der Waals surface area contributed by atoms with Gasteiger partial charge in [-0.05, 0) is 34.8 Å². The molecule has 0 aromatic carbocycles. The minimum atomic E-state index is -0.251. The molecule has 1 aliphatic carbocycles. The van der Waals surface area contributed by atoms with Gasteiger partial charge in [0, 0.05) is 23.8 Å². The summed E-state index contributed by atoms with van der Waals surface area (Å²) in [6.07, 6.45) is 6.42. The highest BCUT2D eigenvalue weighted by atomic mass is 79.9. The van der Waals surface area contributed by atoms with E-state index < -0.39 is 0 Å². The van der Waals surface area contributed by atoms with Crippen LogP contribution < -0.4 is 4.90 Å². The molecule has 1 aromatic rings. The molecule has 0 radical (unpaired) electrons. The number of anilines is 1. The molecule has 82 valence electrons. The Balaban J connectivity index is 2.20. The van der Waals surface area contributed by atoms with Crippen molar-refractivity contribution in [2.45, 2.75) is 31.7 Å². The predicted octanol–water partition coefficient (Wildman–Crippen LogP) is 3.36. The quantitative estimate of drug-likeness (QED) is 0.821. The number of hydrogen-bond acceptors (Lipinski definition) is 2. The van der Waals surface area contributed by atoms with Crippen molar-refractivity contribution in [1.82, 2.24) is 4.98 Å². The molecule has 4 heteroatoms. The topological polar surface area (TPSA) is 16.1 Å². The second-order valence-corrected chi connectivity index (χ2v) is 4.92. The first kappa shape index (κ1) is 10.9. The Hall–Kier alpha value is -0.640. The maximum absolute atomic E-state index is 13.6. The van der Waals surface area contributed by atoms with Gasteiger partial charge in [-0.1, -0.05) is 12.8 Å². The number of halogens is 2. The van der Waals surface area contributed by atoms with E-state index >= 15 is 0 Å². The number of nitrogens with zero attached hydrogens (tertiary/aromatic N) is 2. The minimum Gasteiger partial charge on any atom is -0.354 e. The summed E-state index contributed by atoms with van der Waals surface area (Å²) in [5, 5.41) is 0. The molecule has 0 unspecified atom stereocenters. The van der Waals surface area contributed by atoms with Gasteiger partial charge in [-0.15, -0.1) is 0 Å². The molecule has 0 atom stereocenters. The normalized spacial score (nSPS) is 17.0. The molecule has 2 nitrogen and oxygen atoms in total. The third-order valence-electron chi connectivity index (χ3n) is 2.99. The summed E-state index contributed by atoms with van der Waals surface area (Å²) in [5.74, 6) is 0.212. The lowest BCUT2D eigenvalue weighted by molar-refractivity contribution is 0.585. The Labute approximate surface area is 97.6 Å². The molecule has 0 bridgehead atoms. The van der Waals surface area contributed by atoms with Gasteiger partial charge < -0.3 is 4.90 Å². The highest BCUT2D eigenvalue weighted by molar-refractivity contribution is 9.10. The van der Waals surface area contributed by atoms with Gasteiger partial charge in [0.2, 0.25) is 0 Å². The van der Waals surface area contributed by atoms with Crippen molar-refractivity contribution in [1.29, 1.82) is 0 Å². The maximum Gasteiger partial charge on any atom is 0.166 e. The molecule has 1 fully saturated rings. The van der Waals surface area contributed by atoms with Crippen LogP contribution in [0, 0.1) is 5.82 Å². The largest absolute Gasteiger partial charge is 0.354 e.